The van der Waals surface area contributed by atoms with Crippen LogP contribution < -0.4 is 10.3 Å². The topological polar surface area (TPSA) is 79.9 Å². The molecule has 1 saturated heterocycles. The lowest BCUT2D eigenvalue weighted by atomic mass is 10.3. The monoisotopic (exact) mass is 325 g/mol. The zero-order valence-corrected chi connectivity index (χ0v) is 13.6. The largest absolute Gasteiger partial charge is 0.335 e. The number of amides is 1. The number of nitro benzene ring substituents is 1. The Morgan fingerprint density at radius 1 is 1.36 bits per heavy atom. The van der Waals surface area contributed by atoms with E-state index >= 15 is 0 Å². The number of non-ortho nitro benzene ring substituents is 1. The molecule has 1 aliphatic heterocycles. The van der Waals surface area contributed by atoms with E-state index in [1.165, 1.54) is 28.8 Å². The van der Waals surface area contributed by atoms with Crippen molar-refractivity contribution in [1.82, 2.24) is 10.4 Å². The van der Waals surface area contributed by atoms with Crippen molar-refractivity contribution in [1.29, 1.82) is 0 Å². The number of nitrogens with one attached hydrogen (secondary N) is 2. The highest BCUT2D eigenvalue weighted by Gasteiger charge is 2.21. The molecule has 1 fully saturated rings. The Labute approximate surface area is 133 Å². The Morgan fingerprint density at radius 3 is 2.50 bits per heavy atom. The fourth-order valence-electron chi connectivity index (χ4n) is 2.15. The Kier molecular flexibility index (Phi) is 5.76. The zero-order valence-electron chi connectivity index (χ0n) is 12.7. The van der Waals surface area contributed by atoms with Gasteiger partial charge in [0.05, 0.1) is 43.4 Å². The van der Waals surface area contributed by atoms with Gasteiger partial charge in [0.25, 0.3) is 5.69 Å². The number of carbonyl (C=O) groups excluding carboxylic acids is 1. The Hall–Kier alpha value is -1.64. The summed E-state index contributed by atoms with van der Waals surface area (Å²) in [5.41, 5.74) is 3.00. The number of thioether (sulfide) groups is 1. The molecule has 8 heteroatoms. The molecular weight excluding hydrogens is 304 g/mol. The first-order valence-electron chi connectivity index (χ1n) is 7.23. The molecule has 120 valence electrons. The highest BCUT2D eigenvalue weighted by Crippen LogP contribution is 2.25. The molecule has 0 unspecified atom stereocenters. The lowest BCUT2D eigenvalue weighted by Gasteiger charge is -2.30. The van der Waals surface area contributed by atoms with Crippen LogP contribution in [-0.4, -0.2) is 54.3 Å². The lowest BCUT2D eigenvalue weighted by molar-refractivity contribution is -0.884. The number of hydrogen-bond acceptors (Lipinski definition) is 5. The van der Waals surface area contributed by atoms with Crippen LogP contribution in [0.4, 0.5) is 5.69 Å². The first-order chi connectivity index (χ1) is 10.5. The van der Waals surface area contributed by atoms with Crippen LogP contribution in [0.3, 0.4) is 0 Å². The Bertz CT molecular complexity index is 529. The van der Waals surface area contributed by atoms with Gasteiger partial charge in [-0.25, -0.2) is 5.01 Å². The summed E-state index contributed by atoms with van der Waals surface area (Å²) in [5, 5.41) is 12.3. The van der Waals surface area contributed by atoms with Crippen molar-refractivity contribution in [3.05, 3.63) is 34.4 Å². The molecule has 1 amide bonds. The van der Waals surface area contributed by atoms with Gasteiger partial charge < -0.3 is 4.90 Å². The first-order valence-corrected chi connectivity index (χ1v) is 8.11. The molecule has 0 aliphatic carbocycles. The van der Waals surface area contributed by atoms with E-state index in [1.807, 2.05) is 11.9 Å². The second-order valence-corrected chi connectivity index (χ2v) is 6.85. The molecule has 1 aromatic rings. The number of hydrogen-bond donors (Lipinski definition) is 2. The molecule has 2 rings (SSSR count). The maximum absolute atomic E-state index is 12.2. The smallest absolute Gasteiger partial charge is 0.269 e. The highest BCUT2D eigenvalue weighted by molar-refractivity contribution is 8.00. The fourth-order valence-corrected chi connectivity index (χ4v) is 3.01. The molecule has 1 atom stereocenters. The van der Waals surface area contributed by atoms with E-state index in [-0.39, 0.29) is 16.8 Å². The Morgan fingerprint density at radius 2 is 1.95 bits per heavy atom. The van der Waals surface area contributed by atoms with Gasteiger partial charge in [-0.1, -0.05) is 0 Å². The van der Waals surface area contributed by atoms with Crippen molar-refractivity contribution in [3.63, 3.8) is 0 Å². The third-order valence-electron chi connectivity index (χ3n) is 3.61. The van der Waals surface area contributed by atoms with E-state index in [0.29, 0.717) is 0 Å². The summed E-state index contributed by atoms with van der Waals surface area (Å²) >= 11 is 1.39. The maximum atomic E-state index is 12.2. The third-order valence-corrected chi connectivity index (χ3v) is 4.73. The SMILES string of the molecule is C[C@H](Sc1ccc([N+](=O)[O-])cc1)C(=O)NN1CC[NH+](C)CC1. The summed E-state index contributed by atoms with van der Waals surface area (Å²) in [6.45, 7) is 5.58. The van der Waals surface area contributed by atoms with Crippen molar-refractivity contribution in [2.24, 2.45) is 0 Å². The summed E-state index contributed by atoms with van der Waals surface area (Å²) in [4.78, 5) is 24.7. The number of likely N-dealkylation sites (N-methyl/N-ethyl adjacent to an activating group) is 1. The lowest BCUT2D eigenvalue weighted by Crippen LogP contribution is -3.12. The standard InChI is InChI=1S/C14H20N4O3S/c1-11(14(19)15-17-9-7-16(2)8-10-17)22-13-5-3-12(4-6-13)18(20)21/h3-6,11H,7-10H2,1-2H3,(H,15,19)/p+1/t11-/m0/s1. The second-order valence-electron chi connectivity index (χ2n) is 5.43. The quantitative estimate of drug-likeness (QED) is 0.450. The van der Waals surface area contributed by atoms with Crippen LogP contribution in [0, 0.1) is 10.1 Å². The van der Waals surface area contributed by atoms with Gasteiger partial charge >= 0.3 is 0 Å². The number of nitro groups is 1. The molecule has 0 saturated carbocycles. The van der Waals surface area contributed by atoms with Crippen molar-refractivity contribution in [2.75, 3.05) is 33.2 Å². The number of rotatable bonds is 5. The van der Waals surface area contributed by atoms with Crippen LogP contribution in [-0.2, 0) is 4.79 Å². The van der Waals surface area contributed by atoms with Gasteiger partial charge in [-0.15, -0.1) is 11.8 Å². The number of hydrazine groups is 1. The second kappa shape index (κ2) is 7.57. The molecular formula is C14H21N4O3S+. The summed E-state index contributed by atoms with van der Waals surface area (Å²) in [7, 11) is 2.15. The van der Waals surface area contributed by atoms with Crippen LogP contribution in [0.5, 0.6) is 0 Å². The molecule has 0 radical (unpaired) electrons. The van der Waals surface area contributed by atoms with Gasteiger partial charge in [-0.3, -0.25) is 20.3 Å². The molecule has 2 N–H and O–H groups in total. The van der Waals surface area contributed by atoms with Gasteiger partial charge in [0.2, 0.25) is 5.91 Å². The summed E-state index contributed by atoms with van der Waals surface area (Å²) in [6, 6.07) is 6.25. The van der Waals surface area contributed by atoms with Crippen molar-refractivity contribution >= 4 is 23.4 Å². The molecule has 0 aromatic heterocycles. The zero-order chi connectivity index (χ0) is 16.1. The minimum atomic E-state index is -0.431. The van der Waals surface area contributed by atoms with Crippen LogP contribution in [0.15, 0.2) is 29.2 Å². The number of piperazine rings is 1. The van der Waals surface area contributed by atoms with Crippen LogP contribution in [0.1, 0.15) is 6.92 Å². The highest BCUT2D eigenvalue weighted by atomic mass is 32.2. The molecule has 0 bridgehead atoms. The normalized spacial score (nSPS) is 17.9. The van der Waals surface area contributed by atoms with Crippen molar-refractivity contribution in [2.45, 2.75) is 17.1 Å². The van der Waals surface area contributed by atoms with Crippen LogP contribution in [0.2, 0.25) is 0 Å². The van der Waals surface area contributed by atoms with Crippen molar-refractivity contribution in [3.8, 4) is 0 Å². The summed E-state index contributed by atoms with van der Waals surface area (Å²) in [6.07, 6.45) is 0. The van der Waals surface area contributed by atoms with Crippen LogP contribution in [0.25, 0.3) is 0 Å². The average molecular weight is 325 g/mol. The predicted octanol–water partition coefficient (Wildman–Crippen LogP) is -0.0631. The van der Waals surface area contributed by atoms with Crippen LogP contribution >= 0.6 is 11.8 Å². The van der Waals surface area contributed by atoms with E-state index in [1.54, 1.807) is 12.1 Å². The van der Waals surface area contributed by atoms with Gasteiger partial charge in [0, 0.05) is 17.0 Å². The molecule has 1 aliphatic rings. The minimum Gasteiger partial charge on any atom is -0.335 e. The number of carbonyl (C=O) groups is 1. The number of nitrogens with zero attached hydrogens (tertiary/aromatic N) is 2. The molecule has 7 nitrogen and oxygen atoms in total. The Balaban J connectivity index is 1.84. The van der Waals surface area contributed by atoms with E-state index in [9.17, 15) is 14.9 Å². The van der Waals surface area contributed by atoms with Crippen molar-refractivity contribution < 1.29 is 14.6 Å². The number of benzene rings is 1. The van der Waals surface area contributed by atoms with E-state index in [2.05, 4.69) is 12.5 Å². The molecule has 1 heterocycles. The minimum absolute atomic E-state index is 0.0390. The van der Waals surface area contributed by atoms with E-state index in [0.717, 1.165) is 31.1 Å². The third kappa shape index (κ3) is 4.69. The first kappa shape index (κ1) is 16.7. The van der Waals surface area contributed by atoms with Gasteiger partial charge in [0.1, 0.15) is 0 Å². The average Bonchev–Trinajstić information content (AvgIpc) is 2.50. The van der Waals surface area contributed by atoms with Gasteiger partial charge in [-0.05, 0) is 19.1 Å². The summed E-state index contributed by atoms with van der Waals surface area (Å²) < 4.78 is 0. The summed E-state index contributed by atoms with van der Waals surface area (Å²) in [5.74, 6) is -0.0390. The molecule has 1 aromatic carbocycles. The van der Waals surface area contributed by atoms with Gasteiger partial charge in [0.15, 0.2) is 0 Å². The van der Waals surface area contributed by atoms with E-state index in [4.69, 9.17) is 0 Å². The maximum Gasteiger partial charge on any atom is 0.269 e. The van der Waals surface area contributed by atoms with Gasteiger partial charge in [-0.2, -0.15) is 0 Å². The molecule has 22 heavy (non-hydrogen) atoms. The molecule has 0 spiro atoms. The fraction of sp³-hybridized carbons (Fsp3) is 0.500. The predicted molar refractivity (Wildman–Crippen MR) is 84.8 cm³/mol. The number of quaternary nitrogens is 1. The van der Waals surface area contributed by atoms with E-state index < -0.39 is 4.92 Å².